The Hall–Kier alpha value is -1.31. The number of hydrogen-bond donors (Lipinski definition) is 0. The molecule has 0 amide bonds. The molecule has 0 aromatic rings. The minimum absolute atomic E-state index is 0.112. The molecule has 0 spiro atoms. The van der Waals surface area contributed by atoms with Crippen LogP contribution in [0.5, 0.6) is 0 Å². The van der Waals surface area contributed by atoms with Crippen LogP contribution in [0.1, 0.15) is 161 Å². The van der Waals surface area contributed by atoms with Crippen LogP contribution >= 0.6 is 0 Å². The van der Waals surface area contributed by atoms with Gasteiger partial charge in [-0.15, -0.1) is 0 Å². The van der Waals surface area contributed by atoms with Crippen LogP contribution in [0.3, 0.4) is 0 Å². The molecular weight excluding hydrogens is 428 g/mol. The zero-order chi connectivity index (χ0) is 24.6. The summed E-state index contributed by atoms with van der Waals surface area (Å²) in [4.78, 5) is 12.9. The molecule has 0 fully saturated rings. The smallest absolute Gasteiger partial charge is 0.304 e. The maximum Gasteiger partial charge on any atom is 0.304 e. The molecule has 0 aromatic carbocycles. The van der Waals surface area contributed by atoms with Crippen LogP contribution in [0.4, 0.5) is 0 Å². The quantitative estimate of drug-likeness (QED) is 0.294. The monoisotopic (exact) mass is 482 g/mol. The second-order valence-corrected chi connectivity index (χ2v) is 11.4. The van der Waals surface area contributed by atoms with Gasteiger partial charge in [0.1, 0.15) is 0 Å². The molecule has 0 aromatic heterocycles. The Kier molecular flexibility index (Phi) is 13.3. The van der Waals surface area contributed by atoms with E-state index >= 15 is 0 Å². The van der Waals surface area contributed by atoms with Gasteiger partial charge in [-0.05, 0) is 93.8 Å². The van der Waals surface area contributed by atoms with Crippen LogP contribution in [0.25, 0.3) is 0 Å². The van der Waals surface area contributed by atoms with E-state index in [9.17, 15) is 4.79 Å². The molecule has 2 nitrogen and oxygen atoms in total. The van der Waals surface area contributed by atoms with Crippen LogP contribution in [-0.2, 0) is 9.53 Å². The maximum absolute atomic E-state index is 12.9. The Balaban J connectivity index is 2.12. The number of ether oxygens (including phenoxy) is 1. The van der Waals surface area contributed by atoms with Gasteiger partial charge in [-0.25, -0.2) is 0 Å². The number of allylic oxidation sites excluding steroid dienone is 3. The fourth-order valence-electron chi connectivity index (χ4n) is 6.63. The van der Waals surface area contributed by atoms with E-state index in [0.29, 0.717) is 0 Å². The summed E-state index contributed by atoms with van der Waals surface area (Å²) in [7, 11) is 0. The Morgan fingerprint density at radius 2 is 0.800 bits per heavy atom. The van der Waals surface area contributed by atoms with E-state index in [2.05, 4.69) is 18.2 Å². The van der Waals surface area contributed by atoms with Crippen molar-refractivity contribution in [3.05, 3.63) is 34.9 Å². The number of carbonyl (C=O) groups excluding carboxylic acids is 1. The van der Waals surface area contributed by atoms with Gasteiger partial charge in [0.15, 0.2) is 5.60 Å². The SMILES string of the molecule is CC(=O)OC(/C1=C/CCCCCCCC1)(/C1=C/CCCCCCCC1)/C1=C/CCCCCCCC1. The summed E-state index contributed by atoms with van der Waals surface area (Å²) in [6, 6.07) is 0. The molecule has 3 aliphatic rings. The summed E-state index contributed by atoms with van der Waals surface area (Å²) in [5, 5.41) is 0. The standard InChI is InChI=1S/C33H54O2/c1-29(34)35-33(30-23-17-11-5-2-6-12-18-24-30,31-25-19-13-7-3-8-14-20-26-31)32-27-21-15-9-4-10-16-22-28-32/h23,25,27H,2-22,24,26,28H2,1H3/b30-23+,31-25+,32-27+. The van der Waals surface area contributed by atoms with Crippen LogP contribution in [-0.4, -0.2) is 11.6 Å². The van der Waals surface area contributed by atoms with Crippen molar-refractivity contribution >= 4 is 5.97 Å². The summed E-state index contributed by atoms with van der Waals surface area (Å²) in [6.07, 6.45) is 37.6. The Morgan fingerprint density at radius 1 is 0.514 bits per heavy atom. The summed E-state index contributed by atoms with van der Waals surface area (Å²) >= 11 is 0. The fraction of sp³-hybridized carbons (Fsp3) is 0.788. The van der Waals surface area contributed by atoms with Gasteiger partial charge in [0.25, 0.3) is 0 Å². The minimum Gasteiger partial charge on any atom is -0.445 e. The van der Waals surface area contributed by atoms with Gasteiger partial charge in [-0.3, -0.25) is 4.79 Å². The van der Waals surface area contributed by atoms with Gasteiger partial charge in [-0.1, -0.05) is 95.3 Å². The first-order valence-electron chi connectivity index (χ1n) is 15.5. The number of esters is 1. The normalized spacial score (nSPS) is 27.6. The molecule has 0 heterocycles. The second kappa shape index (κ2) is 16.4. The van der Waals surface area contributed by atoms with Gasteiger partial charge in [-0.2, -0.15) is 0 Å². The number of hydrogen-bond acceptors (Lipinski definition) is 2. The second-order valence-electron chi connectivity index (χ2n) is 11.4. The van der Waals surface area contributed by atoms with E-state index in [-0.39, 0.29) is 5.97 Å². The van der Waals surface area contributed by atoms with Gasteiger partial charge in [0.05, 0.1) is 0 Å². The third kappa shape index (κ3) is 9.25. The van der Waals surface area contributed by atoms with Crippen molar-refractivity contribution in [3.63, 3.8) is 0 Å². The van der Waals surface area contributed by atoms with Gasteiger partial charge >= 0.3 is 5.97 Å². The average Bonchev–Trinajstić information content (AvgIpc) is 2.87. The first kappa shape index (κ1) is 28.3. The van der Waals surface area contributed by atoms with E-state index < -0.39 is 5.60 Å². The zero-order valence-corrected chi connectivity index (χ0v) is 23.0. The van der Waals surface area contributed by atoms with Crippen molar-refractivity contribution in [1.29, 1.82) is 0 Å². The highest BCUT2D eigenvalue weighted by atomic mass is 16.6. The lowest BCUT2D eigenvalue weighted by molar-refractivity contribution is -0.148. The van der Waals surface area contributed by atoms with E-state index in [1.165, 1.54) is 132 Å². The highest BCUT2D eigenvalue weighted by Crippen LogP contribution is 2.46. The van der Waals surface area contributed by atoms with Crippen LogP contribution in [0.2, 0.25) is 0 Å². The van der Waals surface area contributed by atoms with Crippen LogP contribution in [0, 0.1) is 0 Å². The molecule has 2 heteroatoms. The molecule has 0 radical (unpaired) electrons. The highest BCUT2D eigenvalue weighted by Gasteiger charge is 2.43. The fourth-order valence-corrected chi connectivity index (χ4v) is 6.63. The van der Waals surface area contributed by atoms with Crippen molar-refractivity contribution in [2.24, 2.45) is 0 Å². The summed E-state index contributed by atoms with van der Waals surface area (Å²) in [5.41, 5.74) is 3.63. The topological polar surface area (TPSA) is 26.3 Å². The Labute approximate surface area is 217 Å². The first-order chi connectivity index (χ1) is 17.2. The molecule has 35 heavy (non-hydrogen) atoms. The van der Waals surface area contributed by atoms with Gasteiger partial charge in [0, 0.05) is 6.92 Å². The van der Waals surface area contributed by atoms with Crippen LogP contribution in [0.15, 0.2) is 34.9 Å². The lowest BCUT2D eigenvalue weighted by Crippen LogP contribution is -2.42. The van der Waals surface area contributed by atoms with Crippen molar-refractivity contribution in [2.75, 3.05) is 0 Å². The first-order valence-corrected chi connectivity index (χ1v) is 15.5. The van der Waals surface area contributed by atoms with Crippen molar-refractivity contribution in [1.82, 2.24) is 0 Å². The molecule has 0 N–H and O–H groups in total. The molecule has 198 valence electrons. The predicted octanol–water partition coefficient (Wildman–Crippen LogP) is 10.5. The molecule has 0 aliphatic heterocycles. The Morgan fingerprint density at radius 3 is 1.11 bits per heavy atom. The zero-order valence-electron chi connectivity index (χ0n) is 23.0. The number of rotatable bonds is 4. The molecule has 0 saturated carbocycles. The average molecular weight is 483 g/mol. The van der Waals surface area contributed by atoms with Crippen LogP contribution < -0.4 is 0 Å². The van der Waals surface area contributed by atoms with E-state index in [1.54, 1.807) is 6.92 Å². The molecule has 3 aliphatic carbocycles. The highest BCUT2D eigenvalue weighted by molar-refractivity contribution is 5.69. The lowest BCUT2D eigenvalue weighted by atomic mass is 9.72. The third-order valence-electron chi connectivity index (χ3n) is 8.53. The predicted molar refractivity (Wildman–Crippen MR) is 150 cm³/mol. The molecule has 3 rings (SSSR count). The molecule has 0 saturated heterocycles. The van der Waals surface area contributed by atoms with Gasteiger partial charge < -0.3 is 4.74 Å². The molecule has 0 bridgehead atoms. The van der Waals surface area contributed by atoms with E-state index in [1.807, 2.05) is 0 Å². The molecule has 0 atom stereocenters. The maximum atomic E-state index is 12.9. The summed E-state index contributed by atoms with van der Waals surface area (Å²) in [5.74, 6) is -0.112. The van der Waals surface area contributed by atoms with E-state index in [0.717, 1.165) is 38.5 Å². The van der Waals surface area contributed by atoms with Crippen molar-refractivity contribution in [3.8, 4) is 0 Å². The molecular formula is C33H54O2. The Bertz CT molecular complexity index is 627. The van der Waals surface area contributed by atoms with E-state index in [4.69, 9.17) is 4.74 Å². The molecule has 0 unspecified atom stereocenters. The summed E-state index contributed by atoms with van der Waals surface area (Å²) < 4.78 is 6.72. The largest absolute Gasteiger partial charge is 0.445 e. The lowest BCUT2D eigenvalue weighted by Gasteiger charge is -2.41. The van der Waals surface area contributed by atoms with Gasteiger partial charge in [0.2, 0.25) is 0 Å². The number of carbonyl (C=O) groups is 1. The summed E-state index contributed by atoms with van der Waals surface area (Å²) in [6.45, 7) is 1.65. The van der Waals surface area contributed by atoms with Crippen molar-refractivity contribution < 1.29 is 9.53 Å². The van der Waals surface area contributed by atoms with Crippen molar-refractivity contribution in [2.45, 2.75) is 167 Å². The third-order valence-corrected chi connectivity index (χ3v) is 8.53. The minimum atomic E-state index is -0.622.